The van der Waals surface area contributed by atoms with Gasteiger partial charge in [-0.15, -0.1) is 0 Å². The Labute approximate surface area is 132 Å². The Balaban J connectivity index is 1.57. The van der Waals surface area contributed by atoms with Gasteiger partial charge in [0.05, 0.1) is 7.11 Å². The molecule has 2 atom stereocenters. The lowest BCUT2D eigenvalue weighted by Gasteiger charge is -2.05. The minimum absolute atomic E-state index is 0.138. The van der Waals surface area contributed by atoms with Crippen molar-refractivity contribution in [1.82, 2.24) is 0 Å². The Bertz CT molecular complexity index is 789. The molecular formula is C17H15NO5. The van der Waals surface area contributed by atoms with Crippen LogP contribution in [0.4, 0.5) is 5.69 Å². The van der Waals surface area contributed by atoms with Crippen molar-refractivity contribution in [2.75, 3.05) is 19.6 Å². The molecule has 2 aliphatic heterocycles. The molecule has 118 valence electrons. The molecule has 2 aliphatic rings. The summed E-state index contributed by atoms with van der Waals surface area (Å²) in [7, 11) is 1.60. The maximum atomic E-state index is 12.6. The zero-order valence-corrected chi connectivity index (χ0v) is 12.4. The van der Waals surface area contributed by atoms with Crippen molar-refractivity contribution in [3.8, 4) is 17.2 Å². The molecule has 0 spiro atoms. The Morgan fingerprint density at radius 1 is 1.22 bits per heavy atom. The van der Waals surface area contributed by atoms with E-state index in [4.69, 9.17) is 24.7 Å². The van der Waals surface area contributed by atoms with E-state index in [0.717, 1.165) is 11.3 Å². The van der Waals surface area contributed by atoms with Crippen LogP contribution in [0.15, 0.2) is 36.4 Å². The highest BCUT2D eigenvalue weighted by molar-refractivity contribution is 6.06. The number of rotatable bonds is 4. The van der Waals surface area contributed by atoms with E-state index in [9.17, 15) is 4.79 Å². The molecule has 2 heterocycles. The van der Waals surface area contributed by atoms with Crippen molar-refractivity contribution in [2.24, 2.45) is 0 Å². The first-order valence-corrected chi connectivity index (χ1v) is 7.20. The second kappa shape index (κ2) is 5.17. The lowest BCUT2D eigenvalue weighted by atomic mass is 10.0. The number of anilines is 1. The second-order valence-corrected chi connectivity index (χ2v) is 5.41. The molecule has 2 unspecified atom stereocenters. The Morgan fingerprint density at radius 2 is 2.00 bits per heavy atom. The third-order valence-corrected chi connectivity index (χ3v) is 3.98. The highest BCUT2D eigenvalue weighted by Crippen LogP contribution is 2.44. The molecule has 0 amide bonds. The van der Waals surface area contributed by atoms with Gasteiger partial charge in [-0.25, -0.2) is 0 Å². The third-order valence-electron chi connectivity index (χ3n) is 3.98. The average molecular weight is 313 g/mol. The lowest BCUT2D eigenvalue weighted by Crippen LogP contribution is -2.11. The van der Waals surface area contributed by atoms with Gasteiger partial charge in [0, 0.05) is 17.3 Å². The molecule has 4 rings (SSSR count). The average Bonchev–Trinajstić information content (AvgIpc) is 3.25. The Morgan fingerprint density at radius 3 is 2.78 bits per heavy atom. The number of carbonyl (C=O) groups excluding carboxylic acids is 1. The van der Waals surface area contributed by atoms with Gasteiger partial charge in [-0.05, 0) is 23.8 Å². The molecular weight excluding hydrogens is 298 g/mol. The van der Waals surface area contributed by atoms with E-state index in [0.29, 0.717) is 22.7 Å². The third kappa shape index (κ3) is 2.37. The summed E-state index contributed by atoms with van der Waals surface area (Å²) in [6, 6.07) is 10.7. The number of carbonyl (C=O) groups is 1. The molecule has 0 saturated carbocycles. The van der Waals surface area contributed by atoms with E-state index in [1.165, 1.54) is 0 Å². The minimum atomic E-state index is -0.537. The van der Waals surface area contributed by atoms with E-state index in [1.807, 2.05) is 24.3 Å². The van der Waals surface area contributed by atoms with Gasteiger partial charge in [0.2, 0.25) is 6.79 Å². The van der Waals surface area contributed by atoms with Gasteiger partial charge in [0.1, 0.15) is 11.9 Å². The van der Waals surface area contributed by atoms with Crippen LogP contribution in [0.3, 0.4) is 0 Å². The summed E-state index contributed by atoms with van der Waals surface area (Å²) in [5.74, 6) is 1.65. The number of ketones is 1. The predicted molar refractivity (Wildman–Crippen MR) is 81.9 cm³/mol. The molecule has 23 heavy (non-hydrogen) atoms. The number of nitrogen functional groups attached to an aromatic ring is 1. The van der Waals surface area contributed by atoms with Gasteiger partial charge in [-0.3, -0.25) is 4.79 Å². The molecule has 2 aromatic rings. The summed E-state index contributed by atoms with van der Waals surface area (Å²) < 4.78 is 21.3. The SMILES string of the molecule is COc1cccc(C2OC2C(=O)c2cc3c(cc2N)OCO3)c1. The van der Waals surface area contributed by atoms with Gasteiger partial charge < -0.3 is 24.7 Å². The van der Waals surface area contributed by atoms with E-state index < -0.39 is 6.10 Å². The number of hydrogen-bond donors (Lipinski definition) is 1. The van der Waals surface area contributed by atoms with E-state index >= 15 is 0 Å². The lowest BCUT2D eigenvalue weighted by molar-refractivity contribution is 0.0954. The summed E-state index contributed by atoms with van der Waals surface area (Å²) in [4.78, 5) is 12.6. The number of epoxide rings is 1. The molecule has 0 bridgehead atoms. The molecule has 1 saturated heterocycles. The predicted octanol–water partition coefficient (Wildman–Crippen LogP) is 2.33. The van der Waals surface area contributed by atoms with Gasteiger partial charge in [-0.2, -0.15) is 0 Å². The molecule has 0 aliphatic carbocycles. The van der Waals surface area contributed by atoms with Crippen LogP contribution in [0.1, 0.15) is 22.0 Å². The van der Waals surface area contributed by atoms with Crippen LogP contribution >= 0.6 is 0 Å². The van der Waals surface area contributed by atoms with Crippen molar-refractivity contribution in [1.29, 1.82) is 0 Å². The highest BCUT2D eigenvalue weighted by Gasteiger charge is 2.47. The standard InChI is InChI=1S/C17H15NO5/c1-20-10-4-2-3-9(5-10)16-17(23-16)15(19)11-6-13-14(7-12(11)18)22-8-21-13/h2-7,16-17H,8,18H2,1H3. The normalized spacial score (nSPS) is 21.1. The van der Waals surface area contributed by atoms with Gasteiger partial charge >= 0.3 is 0 Å². The number of methoxy groups -OCH3 is 1. The summed E-state index contributed by atoms with van der Waals surface area (Å²) >= 11 is 0. The monoisotopic (exact) mass is 313 g/mol. The first-order valence-electron chi connectivity index (χ1n) is 7.20. The van der Waals surface area contributed by atoms with Gasteiger partial charge in [0.25, 0.3) is 0 Å². The summed E-state index contributed by atoms with van der Waals surface area (Å²) in [5.41, 5.74) is 7.62. The molecule has 0 aromatic heterocycles. The number of Topliss-reactive ketones (excluding diaryl/α,β-unsaturated/α-hetero) is 1. The van der Waals surface area contributed by atoms with Crippen molar-refractivity contribution in [2.45, 2.75) is 12.2 Å². The van der Waals surface area contributed by atoms with Crippen molar-refractivity contribution in [3.63, 3.8) is 0 Å². The highest BCUT2D eigenvalue weighted by atomic mass is 16.7. The largest absolute Gasteiger partial charge is 0.497 e. The molecule has 2 aromatic carbocycles. The minimum Gasteiger partial charge on any atom is -0.497 e. The maximum absolute atomic E-state index is 12.6. The van der Waals surface area contributed by atoms with Crippen LogP contribution in [0.2, 0.25) is 0 Å². The zero-order chi connectivity index (χ0) is 16.0. The maximum Gasteiger partial charge on any atom is 0.231 e. The topological polar surface area (TPSA) is 83.3 Å². The molecule has 2 N–H and O–H groups in total. The quantitative estimate of drug-likeness (QED) is 0.530. The van der Waals surface area contributed by atoms with E-state index in [2.05, 4.69) is 0 Å². The fraction of sp³-hybridized carbons (Fsp3) is 0.235. The summed E-state index contributed by atoms with van der Waals surface area (Å²) in [6.07, 6.45) is -0.813. The first kappa shape index (κ1) is 13.9. The Kier molecular flexibility index (Phi) is 3.12. The van der Waals surface area contributed by atoms with Crippen molar-refractivity contribution in [3.05, 3.63) is 47.5 Å². The second-order valence-electron chi connectivity index (χ2n) is 5.41. The summed E-state index contributed by atoms with van der Waals surface area (Å²) in [6.45, 7) is 0.138. The first-order chi connectivity index (χ1) is 11.2. The molecule has 6 heteroatoms. The van der Waals surface area contributed by atoms with Gasteiger partial charge in [-0.1, -0.05) is 12.1 Å². The van der Waals surface area contributed by atoms with Crippen LogP contribution in [0.5, 0.6) is 17.2 Å². The molecule has 1 fully saturated rings. The van der Waals surface area contributed by atoms with Crippen LogP contribution in [0.25, 0.3) is 0 Å². The number of hydrogen-bond acceptors (Lipinski definition) is 6. The van der Waals surface area contributed by atoms with Crippen molar-refractivity contribution < 1.29 is 23.7 Å². The fourth-order valence-electron chi connectivity index (χ4n) is 2.71. The molecule has 6 nitrogen and oxygen atoms in total. The summed E-state index contributed by atoms with van der Waals surface area (Å²) in [5, 5.41) is 0. The Hall–Kier alpha value is -2.73. The molecule has 0 radical (unpaired) electrons. The number of fused-ring (bicyclic) bond motifs is 1. The van der Waals surface area contributed by atoms with Crippen molar-refractivity contribution >= 4 is 11.5 Å². The number of nitrogens with two attached hydrogens (primary N) is 1. The van der Waals surface area contributed by atoms with Crippen LogP contribution in [0, 0.1) is 0 Å². The number of ether oxygens (including phenoxy) is 4. The van der Waals surface area contributed by atoms with Gasteiger partial charge in [0.15, 0.2) is 23.4 Å². The smallest absolute Gasteiger partial charge is 0.231 e. The zero-order valence-electron chi connectivity index (χ0n) is 12.4. The van der Waals surface area contributed by atoms with E-state index in [1.54, 1.807) is 19.2 Å². The van der Waals surface area contributed by atoms with Crippen LogP contribution < -0.4 is 19.9 Å². The fourth-order valence-corrected chi connectivity index (χ4v) is 2.71. The van der Waals surface area contributed by atoms with Crippen LogP contribution in [-0.2, 0) is 4.74 Å². The van der Waals surface area contributed by atoms with Crippen LogP contribution in [-0.4, -0.2) is 25.8 Å². The van der Waals surface area contributed by atoms with E-state index in [-0.39, 0.29) is 18.7 Å². The number of benzene rings is 2.